The molecule has 0 heterocycles. The molecular formula is C29H26ClFN2O5S2. The minimum absolute atomic E-state index is 0.122. The van der Waals surface area contributed by atoms with Crippen LogP contribution in [0.3, 0.4) is 0 Å². The van der Waals surface area contributed by atoms with Crippen molar-refractivity contribution in [1.29, 1.82) is 0 Å². The highest BCUT2D eigenvalue weighted by Gasteiger charge is 2.28. The Morgan fingerprint density at radius 2 is 1.60 bits per heavy atom. The molecule has 0 saturated carbocycles. The maximum absolute atomic E-state index is 13.8. The molecule has 0 aliphatic carbocycles. The number of hydrogen-bond donors (Lipinski definition) is 1. The van der Waals surface area contributed by atoms with Crippen molar-refractivity contribution < 1.29 is 27.1 Å². The van der Waals surface area contributed by atoms with Gasteiger partial charge in [0.15, 0.2) is 11.5 Å². The van der Waals surface area contributed by atoms with Crippen LogP contribution >= 0.6 is 23.4 Å². The van der Waals surface area contributed by atoms with E-state index in [-0.39, 0.29) is 16.3 Å². The van der Waals surface area contributed by atoms with E-state index in [0.29, 0.717) is 22.2 Å². The Balaban J connectivity index is 1.59. The molecule has 1 N–H and O–H groups in total. The van der Waals surface area contributed by atoms with Crippen LogP contribution in [0.5, 0.6) is 11.5 Å². The van der Waals surface area contributed by atoms with Gasteiger partial charge in [0.25, 0.3) is 10.0 Å². The number of carbonyl (C=O) groups excluding carboxylic acids is 1. The third-order valence-corrected chi connectivity index (χ3v) is 8.98. The van der Waals surface area contributed by atoms with Crippen molar-refractivity contribution in [2.45, 2.75) is 15.5 Å². The van der Waals surface area contributed by atoms with Crippen molar-refractivity contribution in [2.75, 3.05) is 30.4 Å². The topological polar surface area (TPSA) is 84.9 Å². The Kier molecular flexibility index (Phi) is 9.57. The van der Waals surface area contributed by atoms with Gasteiger partial charge >= 0.3 is 0 Å². The van der Waals surface area contributed by atoms with Crippen molar-refractivity contribution >= 4 is 50.7 Å². The standard InChI is InChI=1S/C29H26ClFN2O5S2/c1-37-26-16-15-24(17-27(26)38-2)40(35,36)33(23-13-11-22(31)12-14-23)18-29(34)32-25-5-3-4-6-28(25)39-19-20-7-9-21(30)10-8-20/h3-17H,18-19H2,1-2H3,(H,32,34). The number of ether oxygens (including phenoxy) is 2. The predicted octanol–water partition coefficient (Wildman–Crippen LogP) is 6.62. The Bertz CT molecular complexity index is 1580. The molecule has 0 saturated heterocycles. The second kappa shape index (κ2) is 13.1. The van der Waals surface area contributed by atoms with Crippen LogP contribution in [0.15, 0.2) is 101 Å². The number of nitrogens with one attached hydrogen (secondary N) is 1. The number of amides is 1. The van der Waals surface area contributed by atoms with Crippen molar-refractivity contribution in [3.63, 3.8) is 0 Å². The number of methoxy groups -OCH3 is 2. The van der Waals surface area contributed by atoms with Gasteiger partial charge in [0, 0.05) is 21.7 Å². The number of halogens is 2. The van der Waals surface area contributed by atoms with Crippen LogP contribution in [0.2, 0.25) is 5.02 Å². The largest absolute Gasteiger partial charge is 0.493 e. The Morgan fingerprint density at radius 1 is 0.925 bits per heavy atom. The second-order valence-corrected chi connectivity index (χ2v) is 11.8. The highest BCUT2D eigenvalue weighted by molar-refractivity contribution is 7.98. The van der Waals surface area contributed by atoms with Gasteiger partial charge in [-0.3, -0.25) is 9.10 Å². The number of sulfonamides is 1. The van der Waals surface area contributed by atoms with Crippen LogP contribution in [0, 0.1) is 5.82 Å². The van der Waals surface area contributed by atoms with Gasteiger partial charge in [0.2, 0.25) is 5.91 Å². The van der Waals surface area contributed by atoms with Crippen molar-refractivity contribution in [2.24, 2.45) is 0 Å². The van der Waals surface area contributed by atoms with Gasteiger partial charge < -0.3 is 14.8 Å². The van der Waals surface area contributed by atoms with Gasteiger partial charge in [-0.15, -0.1) is 11.8 Å². The summed E-state index contributed by atoms with van der Waals surface area (Å²) in [6.45, 7) is -0.557. The minimum Gasteiger partial charge on any atom is -0.493 e. The van der Waals surface area contributed by atoms with E-state index in [9.17, 15) is 17.6 Å². The zero-order chi connectivity index (χ0) is 28.7. The van der Waals surface area contributed by atoms with Gasteiger partial charge in [0.1, 0.15) is 12.4 Å². The van der Waals surface area contributed by atoms with Gasteiger partial charge in [-0.25, -0.2) is 12.8 Å². The van der Waals surface area contributed by atoms with E-state index in [1.807, 2.05) is 36.4 Å². The van der Waals surface area contributed by atoms with Gasteiger partial charge in [0.05, 0.1) is 30.5 Å². The number of benzene rings is 4. The molecule has 7 nitrogen and oxygen atoms in total. The van der Waals surface area contributed by atoms with Crippen LogP contribution < -0.4 is 19.1 Å². The lowest BCUT2D eigenvalue weighted by Crippen LogP contribution is -2.38. The summed E-state index contributed by atoms with van der Waals surface area (Å²) in [7, 11) is -1.45. The quantitative estimate of drug-likeness (QED) is 0.195. The molecule has 0 aliphatic heterocycles. The van der Waals surface area contributed by atoms with Crippen LogP contribution in [-0.2, 0) is 20.6 Å². The molecule has 1 amide bonds. The monoisotopic (exact) mass is 600 g/mol. The molecule has 0 spiro atoms. The lowest BCUT2D eigenvalue weighted by molar-refractivity contribution is -0.114. The number of thioether (sulfide) groups is 1. The first-order valence-electron chi connectivity index (χ1n) is 12.0. The summed E-state index contributed by atoms with van der Waals surface area (Å²) in [6.07, 6.45) is 0. The molecule has 0 fully saturated rings. The lowest BCUT2D eigenvalue weighted by atomic mass is 10.2. The van der Waals surface area contributed by atoms with Crippen molar-refractivity contribution in [3.05, 3.63) is 107 Å². The summed E-state index contributed by atoms with van der Waals surface area (Å²) < 4.78 is 52.6. The van der Waals surface area contributed by atoms with Crippen LogP contribution in [0.25, 0.3) is 0 Å². The molecule has 4 aromatic carbocycles. The number of hydrogen-bond acceptors (Lipinski definition) is 6. The summed E-state index contributed by atoms with van der Waals surface area (Å²) in [6, 6.07) is 23.7. The maximum atomic E-state index is 13.8. The van der Waals surface area contributed by atoms with E-state index in [1.54, 1.807) is 12.1 Å². The first kappa shape index (κ1) is 29.3. The molecule has 0 aliphatic rings. The fourth-order valence-electron chi connectivity index (χ4n) is 3.78. The number of anilines is 2. The summed E-state index contributed by atoms with van der Waals surface area (Å²) in [4.78, 5) is 14.0. The molecule has 0 atom stereocenters. The zero-order valence-electron chi connectivity index (χ0n) is 21.6. The molecule has 208 valence electrons. The van der Waals surface area contributed by atoms with E-state index < -0.39 is 28.3 Å². The highest BCUT2D eigenvalue weighted by atomic mass is 35.5. The SMILES string of the molecule is COc1ccc(S(=O)(=O)N(CC(=O)Nc2ccccc2SCc2ccc(Cl)cc2)c2ccc(F)cc2)cc1OC. The van der Waals surface area contributed by atoms with E-state index in [1.165, 1.54) is 56.3 Å². The number of rotatable bonds is 11. The number of nitrogens with zero attached hydrogens (tertiary/aromatic N) is 1. The Morgan fingerprint density at radius 3 is 2.27 bits per heavy atom. The molecule has 40 heavy (non-hydrogen) atoms. The number of carbonyl (C=O) groups is 1. The van der Waals surface area contributed by atoms with Crippen LogP contribution in [0.1, 0.15) is 5.56 Å². The average Bonchev–Trinajstić information content (AvgIpc) is 2.96. The third kappa shape index (κ3) is 7.07. The van der Waals surface area contributed by atoms with E-state index in [0.717, 1.165) is 26.9 Å². The molecule has 11 heteroatoms. The average molecular weight is 601 g/mol. The molecule has 0 unspecified atom stereocenters. The molecule has 0 aromatic heterocycles. The summed E-state index contributed by atoms with van der Waals surface area (Å²) in [5, 5.41) is 3.47. The summed E-state index contributed by atoms with van der Waals surface area (Å²) in [5.74, 6) is 0.0783. The minimum atomic E-state index is -4.27. The lowest BCUT2D eigenvalue weighted by Gasteiger charge is -2.24. The Hall–Kier alpha value is -3.73. The normalized spacial score (nSPS) is 11.1. The molecule has 4 rings (SSSR count). The highest BCUT2D eigenvalue weighted by Crippen LogP contribution is 2.33. The van der Waals surface area contributed by atoms with Crippen LogP contribution in [-0.4, -0.2) is 35.1 Å². The first-order chi connectivity index (χ1) is 19.2. The predicted molar refractivity (Wildman–Crippen MR) is 157 cm³/mol. The summed E-state index contributed by atoms with van der Waals surface area (Å²) in [5.41, 5.74) is 1.71. The molecular weight excluding hydrogens is 575 g/mol. The van der Waals surface area contributed by atoms with E-state index in [4.69, 9.17) is 21.1 Å². The number of para-hydroxylation sites is 1. The van der Waals surface area contributed by atoms with Gasteiger partial charge in [-0.05, 0) is 66.2 Å². The molecule has 4 aromatic rings. The van der Waals surface area contributed by atoms with Crippen molar-refractivity contribution in [3.8, 4) is 11.5 Å². The first-order valence-corrected chi connectivity index (χ1v) is 14.8. The molecule has 0 radical (unpaired) electrons. The zero-order valence-corrected chi connectivity index (χ0v) is 24.0. The van der Waals surface area contributed by atoms with E-state index >= 15 is 0 Å². The second-order valence-electron chi connectivity index (χ2n) is 8.46. The smallest absolute Gasteiger partial charge is 0.264 e. The maximum Gasteiger partial charge on any atom is 0.264 e. The third-order valence-electron chi connectivity index (χ3n) is 5.81. The van der Waals surface area contributed by atoms with Crippen LogP contribution in [0.4, 0.5) is 15.8 Å². The molecule has 0 bridgehead atoms. The summed E-state index contributed by atoms with van der Waals surface area (Å²) >= 11 is 7.49. The fourth-order valence-corrected chi connectivity index (χ4v) is 6.31. The fraction of sp³-hybridized carbons (Fsp3) is 0.138. The van der Waals surface area contributed by atoms with Gasteiger partial charge in [-0.1, -0.05) is 35.9 Å². The van der Waals surface area contributed by atoms with Crippen molar-refractivity contribution in [1.82, 2.24) is 0 Å². The van der Waals surface area contributed by atoms with E-state index in [2.05, 4.69) is 5.32 Å². The Labute approximate surface area is 241 Å². The van der Waals surface area contributed by atoms with Gasteiger partial charge in [-0.2, -0.15) is 0 Å².